The summed E-state index contributed by atoms with van der Waals surface area (Å²) >= 11 is 1.40. The molecule has 2 heterocycles. The molecule has 2 aromatic heterocycles. The fraction of sp³-hybridized carbons (Fsp3) is 0.167. The molecule has 6 heteroatoms. The maximum Gasteiger partial charge on any atom is 0.196 e. The molecule has 0 amide bonds. The molecule has 4 rings (SSSR count). The van der Waals surface area contributed by atoms with Crippen molar-refractivity contribution in [2.24, 2.45) is 0 Å². The summed E-state index contributed by atoms with van der Waals surface area (Å²) in [6, 6.07) is 19.7. The van der Waals surface area contributed by atoms with E-state index < -0.39 is 0 Å². The zero-order valence-corrected chi connectivity index (χ0v) is 17.8. The lowest BCUT2D eigenvalue weighted by Crippen LogP contribution is -2.06. The first-order chi connectivity index (χ1) is 14.7. The van der Waals surface area contributed by atoms with Crippen LogP contribution in [0, 0.1) is 6.92 Å². The number of ketones is 1. The smallest absolute Gasteiger partial charge is 0.196 e. The first-order valence-electron chi connectivity index (χ1n) is 9.84. The Balaban J connectivity index is 1.65. The Morgan fingerprint density at radius 1 is 1.00 bits per heavy atom. The monoisotopic (exact) mass is 414 g/mol. The highest BCUT2D eigenvalue weighted by Gasteiger charge is 2.19. The van der Waals surface area contributed by atoms with Crippen molar-refractivity contribution in [3.8, 4) is 17.1 Å². The molecule has 5 nitrogen and oxygen atoms in total. The van der Waals surface area contributed by atoms with Crippen LogP contribution in [0.2, 0.25) is 0 Å². The number of benzene rings is 2. The molecule has 0 radical (unpaired) electrons. The van der Waals surface area contributed by atoms with Crippen LogP contribution in [0.15, 0.2) is 78.2 Å². The van der Waals surface area contributed by atoms with Gasteiger partial charge in [0.25, 0.3) is 0 Å². The molecule has 150 valence electrons. The van der Waals surface area contributed by atoms with Gasteiger partial charge in [0.1, 0.15) is 0 Å². The summed E-state index contributed by atoms with van der Waals surface area (Å²) in [5, 5.41) is 9.50. The Bertz CT molecular complexity index is 1150. The lowest BCUT2D eigenvalue weighted by atomic mass is 10.1. The van der Waals surface area contributed by atoms with Gasteiger partial charge in [-0.25, -0.2) is 0 Å². The summed E-state index contributed by atoms with van der Waals surface area (Å²) in [5.74, 6) is 1.08. The number of carbonyl (C=O) groups excluding carboxylic acids is 1. The number of Topliss-reactive ketones (excluding diaryl/α,β-unsaturated/α-hetero) is 1. The summed E-state index contributed by atoms with van der Waals surface area (Å²) in [4.78, 5) is 16.9. The third kappa shape index (κ3) is 4.19. The minimum Gasteiger partial charge on any atom is -0.293 e. The van der Waals surface area contributed by atoms with Crippen LogP contribution in [-0.2, 0) is 6.42 Å². The van der Waals surface area contributed by atoms with Gasteiger partial charge in [-0.2, -0.15) is 0 Å². The van der Waals surface area contributed by atoms with Crippen molar-refractivity contribution in [1.29, 1.82) is 0 Å². The van der Waals surface area contributed by atoms with Crippen LogP contribution in [0.25, 0.3) is 17.1 Å². The molecule has 0 bridgehead atoms. The molecule has 30 heavy (non-hydrogen) atoms. The topological polar surface area (TPSA) is 60.7 Å². The predicted molar refractivity (Wildman–Crippen MR) is 120 cm³/mol. The van der Waals surface area contributed by atoms with Crippen molar-refractivity contribution in [3.05, 3.63) is 89.7 Å². The van der Waals surface area contributed by atoms with Crippen LogP contribution in [0.1, 0.15) is 28.4 Å². The van der Waals surface area contributed by atoms with Crippen molar-refractivity contribution in [1.82, 2.24) is 19.7 Å². The van der Waals surface area contributed by atoms with Gasteiger partial charge in [0.05, 0.1) is 11.4 Å². The molecule has 0 aliphatic carbocycles. The molecule has 4 aromatic rings. The molecule has 0 N–H and O–H groups in total. The van der Waals surface area contributed by atoms with E-state index in [1.807, 2.05) is 59.2 Å². The van der Waals surface area contributed by atoms with Gasteiger partial charge in [-0.15, -0.1) is 10.2 Å². The molecule has 0 fully saturated rings. The Kier molecular flexibility index (Phi) is 6.05. The number of rotatable bonds is 7. The van der Waals surface area contributed by atoms with Gasteiger partial charge in [-0.1, -0.05) is 61.2 Å². The van der Waals surface area contributed by atoms with E-state index >= 15 is 0 Å². The summed E-state index contributed by atoms with van der Waals surface area (Å²) in [6.07, 6.45) is 4.46. The Morgan fingerprint density at radius 3 is 2.50 bits per heavy atom. The highest BCUT2D eigenvalue weighted by Crippen LogP contribution is 2.29. The zero-order chi connectivity index (χ0) is 20.9. The third-order valence-corrected chi connectivity index (χ3v) is 5.85. The number of thioether (sulfide) groups is 1. The molecule has 0 aliphatic heterocycles. The van der Waals surface area contributed by atoms with E-state index in [1.165, 1.54) is 17.3 Å². The van der Waals surface area contributed by atoms with E-state index in [-0.39, 0.29) is 5.78 Å². The van der Waals surface area contributed by atoms with Crippen molar-refractivity contribution in [2.45, 2.75) is 25.4 Å². The number of carbonyl (C=O) groups is 1. The Morgan fingerprint density at radius 2 is 1.80 bits per heavy atom. The number of pyridine rings is 1. The van der Waals surface area contributed by atoms with Crippen molar-refractivity contribution in [3.63, 3.8) is 0 Å². The molecular formula is C24H22N4OS. The van der Waals surface area contributed by atoms with Crippen molar-refractivity contribution in [2.75, 3.05) is 5.75 Å². The molecule has 2 aromatic carbocycles. The highest BCUT2D eigenvalue weighted by molar-refractivity contribution is 7.99. The minimum absolute atomic E-state index is 0.0740. The summed E-state index contributed by atoms with van der Waals surface area (Å²) < 4.78 is 2.00. The first kappa shape index (κ1) is 20.0. The SMILES string of the molecule is CCc1ccc(C(=O)CSc2nnc(-c3cccnc3)n2-c2ccccc2C)cc1. The van der Waals surface area contributed by atoms with Crippen LogP contribution in [-0.4, -0.2) is 31.3 Å². The summed E-state index contributed by atoms with van der Waals surface area (Å²) in [7, 11) is 0. The molecule has 0 saturated carbocycles. The number of aromatic nitrogens is 4. The van der Waals surface area contributed by atoms with Crippen LogP contribution < -0.4 is 0 Å². The van der Waals surface area contributed by atoms with E-state index in [0.717, 1.165) is 23.2 Å². The second-order valence-electron chi connectivity index (χ2n) is 6.93. The fourth-order valence-corrected chi connectivity index (χ4v) is 4.06. The molecule has 0 spiro atoms. The number of aryl methyl sites for hydroxylation is 2. The van der Waals surface area contributed by atoms with Crippen LogP contribution in [0.5, 0.6) is 0 Å². The average molecular weight is 415 g/mol. The minimum atomic E-state index is 0.0740. The van der Waals surface area contributed by atoms with Gasteiger partial charge in [0.15, 0.2) is 16.8 Å². The Hall–Kier alpha value is -3.25. The molecular weight excluding hydrogens is 392 g/mol. The van der Waals surface area contributed by atoms with Gasteiger partial charge in [0, 0.05) is 23.5 Å². The van der Waals surface area contributed by atoms with E-state index in [9.17, 15) is 4.79 Å². The van der Waals surface area contributed by atoms with Crippen molar-refractivity contribution < 1.29 is 4.79 Å². The maximum absolute atomic E-state index is 12.7. The van der Waals surface area contributed by atoms with E-state index in [4.69, 9.17) is 0 Å². The number of para-hydroxylation sites is 1. The van der Waals surface area contributed by atoms with Crippen LogP contribution in [0.3, 0.4) is 0 Å². The third-order valence-electron chi connectivity index (χ3n) is 4.93. The Labute approximate surface area is 180 Å². The molecule has 0 unspecified atom stereocenters. The number of nitrogens with zero attached hydrogens (tertiary/aromatic N) is 4. The van der Waals surface area contributed by atoms with Gasteiger partial charge < -0.3 is 0 Å². The van der Waals surface area contributed by atoms with Crippen molar-refractivity contribution >= 4 is 17.5 Å². The van der Waals surface area contributed by atoms with Gasteiger partial charge in [-0.05, 0) is 42.7 Å². The van der Waals surface area contributed by atoms with E-state index in [2.05, 4.69) is 35.1 Å². The lowest BCUT2D eigenvalue weighted by molar-refractivity contribution is 0.102. The van der Waals surface area contributed by atoms with Gasteiger partial charge in [-0.3, -0.25) is 14.3 Å². The predicted octanol–water partition coefficient (Wildman–Crippen LogP) is 5.18. The summed E-state index contributed by atoms with van der Waals surface area (Å²) in [6.45, 7) is 4.15. The number of hydrogen-bond donors (Lipinski definition) is 0. The van der Waals surface area contributed by atoms with Gasteiger partial charge >= 0.3 is 0 Å². The largest absolute Gasteiger partial charge is 0.293 e. The normalized spacial score (nSPS) is 10.9. The second-order valence-corrected chi connectivity index (χ2v) is 7.87. The molecule has 0 aliphatic rings. The maximum atomic E-state index is 12.7. The van der Waals surface area contributed by atoms with E-state index in [0.29, 0.717) is 22.3 Å². The standard InChI is InChI=1S/C24H22N4OS/c1-3-18-10-12-19(13-11-18)22(29)16-30-24-27-26-23(20-8-6-14-25-15-20)28(24)21-9-5-4-7-17(21)2/h4-15H,3,16H2,1-2H3. The van der Waals surface area contributed by atoms with Crippen LogP contribution >= 0.6 is 11.8 Å². The molecule has 0 atom stereocenters. The van der Waals surface area contributed by atoms with Gasteiger partial charge in [0.2, 0.25) is 0 Å². The van der Waals surface area contributed by atoms with Crippen LogP contribution in [0.4, 0.5) is 0 Å². The second kappa shape index (κ2) is 9.05. The zero-order valence-electron chi connectivity index (χ0n) is 16.9. The highest BCUT2D eigenvalue weighted by atomic mass is 32.2. The molecule has 0 saturated heterocycles. The number of hydrogen-bond acceptors (Lipinski definition) is 5. The average Bonchev–Trinajstić information content (AvgIpc) is 3.22. The summed E-state index contributed by atoms with van der Waals surface area (Å²) in [5.41, 5.74) is 4.91. The van der Waals surface area contributed by atoms with E-state index in [1.54, 1.807) is 12.4 Å². The first-order valence-corrected chi connectivity index (χ1v) is 10.8. The lowest BCUT2D eigenvalue weighted by Gasteiger charge is -2.12. The fourth-order valence-electron chi connectivity index (χ4n) is 3.22. The quantitative estimate of drug-likeness (QED) is 0.308.